The second-order valence-corrected chi connectivity index (χ2v) is 4.01. The summed E-state index contributed by atoms with van der Waals surface area (Å²) in [7, 11) is 0. The van der Waals surface area contributed by atoms with Crippen molar-refractivity contribution < 1.29 is 0 Å². The van der Waals surface area contributed by atoms with Crippen LogP contribution >= 0.6 is 11.3 Å². The van der Waals surface area contributed by atoms with Crippen molar-refractivity contribution in [1.29, 1.82) is 0 Å². The van der Waals surface area contributed by atoms with Crippen molar-refractivity contribution in [3.8, 4) is 0 Å². The second-order valence-electron chi connectivity index (χ2n) is 3.03. The molecule has 0 aliphatic rings. The second kappa shape index (κ2) is 5.15. The molecular formula is C11H16S. The molecule has 0 aliphatic heterocycles. The van der Waals surface area contributed by atoms with Crippen LogP contribution in [0, 0.1) is 0 Å². The van der Waals surface area contributed by atoms with Crippen molar-refractivity contribution in [3.63, 3.8) is 0 Å². The number of allylic oxidation sites excluding steroid dienone is 2. The van der Waals surface area contributed by atoms with Crippen LogP contribution in [0.5, 0.6) is 0 Å². The molecule has 1 heteroatoms. The zero-order valence-corrected chi connectivity index (χ0v) is 8.60. The van der Waals surface area contributed by atoms with Crippen molar-refractivity contribution in [2.75, 3.05) is 0 Å². The summed E-state index contributed by atoms with van der Waals surface area (Å²) >= 11 is 1.86. The highest BCUT2D eigenvalue weighted by atomic mass is 32.1. The Morgan fingerprint density at radius 3 is 2.92 bits per heavy atom. The molecule has 0 spiro atoms. The van der Waals surface area contributed by atoms with E-state index in [9.17, 15) is 0 Å². The normalized spacial score (nSPS) is 13.8. The van der Waals surface area contributed by atoms with Crippen molar-refractivity contribution >= 4 is 11.3 Å². The lowest BCUT2D eigenvalue weighted by Crippen LogP contribution is -1.86. The minimum Gasteiger partial charge on any atom is -0.149 e. The molecule has 1 unspecified atom stereocenters. The Kier molecular flexibility index (Phi) is 4.09. The SMILES string of the molecule is CC/C=C\CC(C)c1cccs1. The van der Waals surface area contributed by atoms with Crippen LogP contribution in [0.2, 0.25) is 0 Å². The number of thiophene rings is 1. The third-order valence-corrected chi connectivity index (χ3v) is 3.02. The zero-order valence-electron chi connectivity index (χ0n) is 7.79. The fourth-order valence-electron chi connectivity index (χ4n) is 1.15. The van der Waals surface area contributed by atoms with Gasteiger partial charge in [0.1, 0.15) is 0 Å². The molecule has 0 amide bonds. The van der Waals surface area contributed by atoms with Crippen LogP contribution in [-0.4, -0.2) is 0 Å². The van der Waals surface area contributed by atoms with E-state index < -0.39 is 0 Å². The van der Waals surface area contributed by atoms with Gasteiger partial charge in [-0.15, -0.1) is 11.3 Å². The average molecular weight is 180 g/mol. The molecule has 1 rings (SSSR count). The van der Waals surface area contributed by atoms with Crippen molar-refractivity contribution in [3.05, 3.63) is 34.5 Å². The van der Waals surface area contributed by atoms with Crippen molar-refractivity contribution in [2.45, 2.75) is 32.6 Å². The molecule has 12 heavy (non-hydrogen) atoms. The highest BCUT2D eigenvalue weighted by Crippen LogP contribution is 2.23. The molecule has 0 N–H and O–H groups in total. The fraction of sp³-hybridized carbons (Fsp3) is 0.455. The minimum absolute atomic E-state index is 0.688. The summed E-state index contributed by atoms with van der Waals surface area (Å²) in [6, 6.07) is 4.34. The third kappa shape index (κ3) is 2.82. The van der Waals surface area contributed by atoms with E-state index in [2.05, 4.69) is 43.5 Å². The smallest absolute Gasteiger partial charge is 0.00765 e. The average Bonchev–Trinajstić information content (AvgIpc) is 2.56. The summed E-state index contributed by atoms with van der Waals surface area (Å²) in [6.45, 7) is 4.46. The van der Waals surface area contributed by atoms with Gasteiger partial charge in [-0.05, 0) is 30.2 Å². The number of hydrogen-bond acceptors (Lipinski definition) is 1. The maximum Gasteiger partial charge on any atom is 0.00765 e. The van der Waals surface area contributed by atoms with Crippen LogP contribution in [0.3, 0.4) is 0 Å². The first kappa shape index (κ1) is 9.53. The van der Waals surface area contributed by atoms with Crippen LogP contribution in [0.1, 0.15) is 37.5 Å². The number of rotatable bonds is 4. The topological polar surface area (TPSA) is 0 Å². The lowest BCUT2D eigenvalue weighted by molar-refractivity contribution is 0.795. The van der Waals surface area contributed by atoms with Gasteiger partial charge in [0.15, 0.2) is 0 Å². The van der Waals surface area contributed by atoms with Gasteiger partial charge in [-0.1, -0.05) is 32.1 Å². The molecule has 0 nitrogen and oxygen atoms in total. The first-order valence-corrected chi connectivity index (χ1v) is 5.41. The van der Waals surface area contributed by atoms with E-state index in [1.54, 1.807) is 0 Å². The summed E-state index contributed by atoms with van der Waals surface area (Å²) in [5.74, 6) is 0.688. The maximum atomic E-state index is 2.28. The molecule has 0 radical (unpaired) electrons. The minimum atomic E-state index is 0.688. The molecule has 66 valence electrons. The molecule has 1 heterocycles. The fourth-order valence-corrected chi connectivity index (χ4v) is 1.95. The van der Waals surface area contributed by atoms with Crippen LogP contribution in [0.4, 0.5) is 0 Å². The molecule has 0 fully saturated rings. The molecule has 1 aromatic rings. The van der Waals surface area contributed by atoms with Crippen LogP contribution in [0.15, 0.2) is 29.7 Å². The summed E-state index contributed by atoms with van der Waals surface area (Å²) in [5.41, 5.74) is 0. The van der Waals surface area contributed by atoms with Gasteiger partial charge in [-0.25, -0.2) is 0 Å². The van der Waals surface area contributed by atoms with E-state index in [1.807, 2.05) is 11.3 Å². The summed E-state index contributed by atoms with van der Waals surface area (Å²) in [6.07, 6.45) is 6.85. The molecule has 0 aromatic carbocycles. The first-order chi connectivity index (χ1) is 5.84. The summed E-state index contributed by atoms with van der Waals surface area (Å²) < 4.78 is 0. The molecule has 1 atom stereocenters. The first-order valence-electron chi connectivity index (χ1n) is 4.53. The standard InChI is InChI=1S/C11H16S/c1-3-4-5-7-10(2)11-8-6-9-12-11/h4-6,8-10H,3,7H2,1-2H3/b5-4-. The predicted octanol–water partition coefficient (Wildman–Crippen LogP) is 4.21. The largest absolute Gasteiger partial charge is 0.149 e. The zero-order chi connectivity index (χ0) is 8.81. The molecule has 0 aliphatic carbocycles. The van der Waals surface area contributed by atoms with E-state index in [-0.39, 0.29) is 0 Å². The maximum absolute atomic E-state index is 2.28. The van der Waals surface area contributed by atoms with Gasteiger partial charge in [0.2, 0.25) is 0 Å². The summed E-state index contributed by atoms with van der Waals surface area (Å²) in [4.78, 5) is 1.50. The van der Waals surface area contributed by atoms with Crippen LogP contribution in [0.25, 0.3) is 0 Å². The lowest BCUT2D eigenvalue weighted by atomic mass is 10.1. The molecule has 0 saturated heterocycles. The van der Waals surface area contributed by atoms with Crippen LogP contribution < -0.4 is 0 Å². The monoisotopic (exact) mass is 180 g/mol. The number of hydrogen-bond donors (Lipinski definition) is 0. The van der Waals surface area contributed by atoms with E-state index in [1.165, 1.54) is 11.3 Å². The molecule has 0 saturated carbocycles. The molecule has 1 aromatic heterocycles. The van der Waals surface area contributed by atoms with Gasteiger partial charge in [-0.2, -0.15) is 0 Å². The van der Waals surface area contributed by atoms with E-state index >= 15 is 0 Å². The Hall–Kier alpha value is -0.560. The Morgan fingerprint density at radius 1 is 1.50 bits per heavy atom. The highest BCUT2D eigenvalue weighted by Gasteiger charge is 2.02. The van der Waals surface area contributed by atoms with Gasteiger partial charge in [0, 0.05) is 4.88 Å². The van der Waals surface area contributed by atoms with E-state index in [0.717, 1.165) is 6.42 Å². The Labute approximate surface area is 78.9 Å². The van der Waals surface area contributed by atoms with Crippen molar-refractivity contribution in [2.24, 2.45) is 0 Å². The predicted molar refractivity (Wildman–Crippen MR) is 56.8 cm³/mol. The Balaban J connectivity index is 2.39. The van der Waals surface area contributed by atoms with Gasteiger partial charge in [-0.3, -0.25) is 0 Å². The highest BCUT2D eigenvalue weighted by molar-refractivity contribution is 7.10. The van der Waals surface area contributed by atoms with E-state index in [4.69, 9.17) is 0 Å². The third-order valence-electron chi connectivity index (χ3n) is 1.92. The Morgan fingerprint density at radius 2 is 2.33 bits per heavy atom. The van der Waals surface area contributed by atoms with Gasteiger partial charge >= 0.3 is 0 Å². The van der Waals surface area contributed by atoms with Crippen LogP contribution in [-0.2, 0) is 0 Å². The van der Waals surface area contributed by atoms with Gasteiger partial charge in [0.05, 0.1) is 0 Å². The quantitative estimate of drug-likeness (QED) is 0.609. The molecule has 0 bridgehead atoms. The van der Waals surface area contributed by atoms with Gasteiger partial charge in [0.25, 0.3) is 0 Å². The molecular weight excluding hydrogens is 164 g/mol. The van der Waals surface area contributed by atoms with Crippen molar-refractivity contribution in [1.82, 2.24) is 0 Å². The van der Waals surface area contributed by atoms with Gasteiger partial charge < -0.3 is 0 Å². The lowest BCUT2D eigenvalue weighted by Gasteiger charge is -2.04. The Bertz CT molecular complexity index is 221. The summed E-state index contributed by atoms with van der Waals surface area (Å²) in [5, 5.41) is 2.15. The van der Waals surface area contributed by atoms with E-state index in [0.29, 0.717) is 5.92 Å².